The fourth-order valence-electron chi connectivity index (χ4n) is 2.47. The smallest absolute Gasteiger partial charge is 0.260 e. The van der Waals surface area contributed by atoms with Gasteiger partial charge in [0.1, 0.15) is 23.8 Å². The molecule has 0 saturated heterocycles. The monoisotopic (exact) mass is 403 g/mol. The molecule has 0 atom stereocenters. The third kappa shape index (κ3) is 4.80. The van der Waals surface area contributed by atoms with Crippen LogP contribution in [-0.2, 0) is 11.3 Å². The van der Waals surface area contributed by atoms with Gasteiger partial charge in [0.15, 0.2) is 6.61 Å². The topological polar surface area (TPSA) is 86.9 Å². The predicted molar refractivity (Wildman–Crippen MR) is 104 cm³/mol. The van der Waals surface area contributed by atoms with Crippen molar-refractivity contribution in [1.29, 1.82) is 0 Å². The Hall–Kier alpha value is -3.07. The Morgan fingerprint density at radius 3 is 2.50 bits per heavy atom. The minimum Gasteiger partial charge on any atom is -0.496 e. The molecule has 148 valence electrons. The standard InChI is InChI=1S/C19H21N3O5S/c1-4-22(11-17-20-19(21-27-17)16-6-5-7-28-16)18(23)12-26-15-9-13(24-2)8-14(10-15)25-3/h5-10H,4,11-12H2,1-3H3. The molecule has 0 N–H and O–H groups in total. The van der Waals surface area contributed by atoms with Gasteiger partial charge in [0.25, 0.3) is 5.91 Å². The Morgan fingerprint density at radius 1 is 1.18 bits per heavy atom. The molecule has 1 aromatic carbocycles. The van der Waals surface area contributed by atoms with E-state index in [0.29, 0.717) is 35.5 Å². The van der Waals surface area contributed by atoms with E-state index in [9.17, 15) is 4.79 Å². The Balaban J connectivity index is 1.61. The Labute approximate surface area is 166 Å². The lowest BCUT2D eigenvalue weighted by atomic mass is 10.3. The van der Waals surface area contributed by atoms with Gasteiger partial charge in [0.2, 0.25) is 11.7 Å². The summed E-state index contributed by atoms with van der Waals surface area (Å²) in [6.07, 6.45) is 0. The number of carbonyl (C=O) groups is 1. The van der Waals surface area contributed by atoms with E-state index < -0.39 is 0 Å². The van der Waals surface area contributed by atoms with E-state index in [-0.39, 0.29) is 19.1 Å². The fraction of sp³-hybridized carbons (Fsp3) is 0.316. The summed E-state index contributed by atoms with van der Waals surface area (Å²) in [4.78, 5) is 19.4. The van der Waals surface area contributed by atoms with Gasteiger partial charge in [-0.1, -0.05) is 11.2 Å². The van der Waals surface area contributed by atoms with Crippen LogP contribution >= 0.6 is 11.3 Å². The van der Waals surface area contributed by atoms with Crippen molar-refractivity contribution >= 4 is 17.2 Å². The highest BCUT2D eigenvalue weighted by molar-refractivity contribution is 7.13. The molecule has 2 aromatic heterocycles. The number of amides is 1. The normalized spacial score (nSPS) is 10.5. The molecule has 0 aliphatic carbocycles. The maximum Gasteiger partial charge on any atom is 0.260 e. The van der Waals surface area contributed by atoms with Crippen molar-refractivity contribution in [2.75, 3.05) is 27.4 Å². The minimum absolute atomic E-state index is 0.129. The van der Waals surface area contributed by atoms with Crippen LogP contribution in [0.15, 0.2) is 40.2 Å². The maximum absolute atomic E-state index is 12.5. The van der Waals surface area contributed by atoms with E-state index in [1.807, 2.05) is 24.4 Å². The number of aromatic nitrogens is 2. The summed E-state index contributed by atoms with van der Waals surface area (Å²) >= 11 is 1.53. The molecule has 3 aromatic rings. The highest BCUT2D eigenvalue weighted by atomic mass is 32.1. The van der Waals surface area contributed by atoms with E-state index >= 15 is 0 Å². The van der Waals surface area contributed by atoms with Gasteiger partial charge in [-0.3, -0.25) is 4.79 Å². The fourth-order valence-corrected chi connectivity index (χ4v) is 3.11. The molecule has 8 nitrogen and oxygen atoms in total. The molecule has 0 radical (unpaired) electrons. The summed E-state index contributed by atoms with van der Waals surface area (Å²) in [5.41, 5.74) is 0. The van der Waals surface area contributed by atoms with E-state index in [1.54, 1.807) is 37.3 Å². The summed E-state index contributed by atoms with van der Waals surface area (Å²) in [6.45, 7) is 2.46. The van der Waals surface area contributed by atoms with Crippen LogP contribution in [0.3, 0.4) is 0 Å². The lowest BCUT2D eigenvalue weighted by molar-refractivity contribution is -0.134. The quantitative estimate of drug-likeness (QED) is 0.542. The SMILES string of the molecule is CCN(Cc1nc(-c2cccs2)no1)C(=O)COc1cc(OC)cc(OC)c1. The molecule has 0 saturated carbocycles. The molecule has 9 heteroatoms. The Kier molecular flexibility index (Phi) is 6.49. The number of rotatable bonds is 9. The van der Waals surface area contributed by atoms with Crippen LogP contribution in [0, 0.1) is 0 Å². The van der Waals surface area contributed by atoms with E-state index in [0.717, 1.165) is 4.88 Å². The summed E-state index contributed by atoms with van der Waals surface area (Å²) in [7, 11) is 3.11. The van der Waals surface area contributed by atoms with Crippen molar-refractivity contribution in [2.45, 2.75) is 13.5 Å². The number of hydrogen-bond donors (Lipinski definition) is 0. The van der Waals surface area contributed by atoms with Gasteiger partial charge in [-0.05, 0) is 18.4 Å². The number of thiophene rings is 1. The first-order valence-electron chi connectivity index (χ1n) is 8.63. The summed E-state index contributed by atoms with van der Waals surface area (Å²) in [5, 5.41) is 5.91. The third-order valence-electron chi connectivity index (χ3n) is 3.96. The molecule has 0 spiro atoms. The van der Waals surface area contributed by atoms with Gasteiger partial charge < -0.3 is 23.6 Å². The van der Waals surface area contributed by atoms with Crippen molar-refractivity contribution in [1.82, 2.24) is 15.0 Å². The van der Waals surface area contributed by atoms with Crippen LogP contribution in [0.1, 0.15) is 12.8 Å². The highest BCUT2D eigenvalue weighted by Crippen LogP contribution is 2.27. The molecule has 0 fully saturated rings. The summed E-state index contributed by atoms with van der Waals surface area (Å²) in [5.74, 6) is 2.36. The molecule has 0 aliphatic rings. The van der Waals surface area contributed by atoms with Crippen LogP contribution in [0.5, 0.6) is 17.2 Å². The van der Waals surface area contributed by atoms with Crippen molar-refractivity contribution in [3.63, 3.8) is 0 Å². The van der Waals surface area contributed by atoms with Gasteiger partial charge in [0.05, 0.1) is 19.1 Å². The lowest BCUT2D eigenvalue weighted by Crippen LogP contribution is -2.34. The molecule has 3 rings (SSSR count). The van der Waals surface area contributed by atoms with E-state index in [1.165, 1.54) is 11.3 Å². The second-order valence-corrected chi connectivity index (χ2v) is 6.68. The maximum atomic E-state index is 12.5. The van der Waals surface area contributed by atoms with Gasteiger partial charge in [-0.25, -0.2) is 0 Å². The number of likely N-dealkylation sites (N-methyl/N-ethyl adjacent to an activating group) is 1. The number of ether oxygens (including phenoxy) is 3. The first kappa shape index (κ1) is 19.7. The van der Waals surface area contributed by atoms with Gasteiger partial charge in [-0.15, -0.1) is 11.3 Å². The van der Waals surface area contributed by atoms with Gasteiger partial charge >= 0.3 is 0 Å². The second kappa shape index (κ2) is 9.23. The zero-order chi connectivity index (χ0) is 19.9. The van der Waals surface area contributed by atoms with Gasteiger partial charge in [-0.2, -0.15) is 4.98 Å². The van der Waals surface area contributed by atoms with Crippen LogP contribution in [-0.4, -0.2) is 48.3 Å². The first-order valence-corrected chi connectivity index (χ1v) is 9.51. The molecule has 0 aliphatic heterocycles. The number of nitrogens with zero attached hydrogens (tertiary/aromatic N) is 3. The predicted octanol–water partition coefficient (Wildman–Crippen LogP) is 3.24. The van der Waals surface area contributed by atoms with Crippen LogP contribution < -0.4 is 14.2 Å². The van der Waals surface area contributed by atoms with Crippen LogP contribution in [0.2, 0.25) is 0 Å². The van der Waals surface area contributed by atoms with Crippen LogP contribution in [0.25, 0.3) is 10.7 Å². The number of methoxy groups -OCH3 is 2. The summed E-state index contributed by atoms with van der Waals surface area (Å²) < 4.78 is 21.3. The zero-order valence-corrected chi connectivity index (χ0v) is 16.7. The lowest BCUT2D eigenvalue weighted by Gasteiger charge is -2.19. The van der Waals surface area contributed by atoms with Crippen molar-refractivity contribution in [3.8, 4) is 28.0 Å². The van der Waals surface area contributed by atoms with Crippen molar-refractivity contribution in [2.24, 2.45) is 0 Å². The summed E-state index contributed by atoms with van der Waals surface area (Å²) in [6, 6.07) is 8.95. The molecule has 0 unspecified atom stereocenters. The van der Waals surface area contributed by atoms with Crippen LogP contribution in [0.4, 0.5) is 0 Å². The third-order valence-corrected chi connectivity index (χ3v) is 4.82. The van der Waals surface area contributed by atoms with E-state index in [4.69, 9.17) is 18.7 Å². The second-order valence-electron chi connectivity index (χ2n) is 5.73. The molecular weight excluding hydrogens is 382 g/mol. The average Bonchev–Trinajstić information content (AvgIpc) is 3.41. The molecule has 1 amide bonds. The Bertz CT molecular complexity index is 888. The number of carbonyl (C=O) groups excluding carboxylic acids is 1. The molecule has 0 bridgehead atoms. The molecule has 2 heterocycles. The van der Waals surface area contributed by atoms with E-state index in [2.05, 4.69) is 10.1 Å². The minimum atomic E-state index is -0.194. The zero-order valence-electron chi connectivity index (χ0n) is 15.9. The highest BCUT2D eigenvalue weighted by Gasteiger charge is 2.18. The van der Waals surface area contributed by atoms with Crippen molar-refractivity contribution < 1.29 is 23.5 Å². The van der Waals surface area contributed by atoms with Gasteiger partial charge in [0, 0.05) is 24.7 Å². The average molecular weight is 403 g/mol. The largest absolute Gasteiger partial charge is 0.496 e. The molecule has 28 heavy (non-hydrogen) atoms. The number of hydrogen-bond acceptors (Lipinski definition) is 8. The Morgan fingerprint density at radius 2 is 1.89 bits per heavy atom. The van der Waals surface area contributed by atoms with Crippen molar-refractivity contribution in [3.05, 3.63) is 41.6 Å². The number of benzene rings is 1. The first-order chi connectivity index (χ1) is 13.6. The molecular formula is C19H21N3O5S.